The van der Waals surface area contributed by atoms with E-state index in [0.29, 0.717) is 19.6 Å². The van der Waals surface area contributed by atoms with E-state index in [1.54, 1.807) is 7.11 Å². The Balaban J connectivity index is 1.35. The topological polar surface area (TPSA) is 46.2 Å². The third-order valence-corrected chi connectivity index (χ3v) is 8.77. The van der Waals surface area contributed by atoms with E-state index in [4.69, 9.17) is 23.7 Å². The molecule has 5 nitrogen and oxygen atoms in total. The first-order valence-electron chi connectivity index (χ1n) is 14.9. The average Bonchev–Trinajstić information content (AvgIpc) is 3.53. The van der Waals surface area contributed by atoms with Gasteiger partial charge in [-0.2, -0.15) is 0 Å². The highest BCUT2D eigenvalue weighted by Gasteiger charge is 2.61. The second kappa shape index (κ2) is 12.1. The smallest absolute Gasteiger partial charge is 0.163 e. The van der Waals surface area contributed by atoms with E-state index < -0.39 is 16.8 Å². The van der Waals surface area contributed by atoms with E-state index in [-0.39, 0.29) is 18.3 Å². The Morgan fingerprint density at radius 2 is 1.33 bits per heavy atom. The summed E-state index contributed by atoms with van der Waals surface area (Å²) < 4.78 is 32.3. The van der Waals surface area contributed by atoms with Crippen LogP contribution in [-0.2, 0) is 31.2 Å². The van der Waals surface area contributed by atoms with Gasteiger partial charge in [0, 0.05) is 5.41 Å². The van der Waals surface area contributed by atoms with E-state index >= 15 is 0 Å². The largest absolute Gasteiger partial charge is 0.497 e. The first-order chi connectivity index (χ1) is 20.9. The zero-order chi connectivity index (χ0) is 29.9. The molecule has 0 spiro atoms. The molecule has 0 unspecified atom stereocenters. The fourth-order valence-corrected chi connectivity index (χ4v) is 6.60. The SMILES string of the molecule is C=C[C@@]1(COC(c2ccccc2)(c2ccccc2)c2ccccc2)C[C@H](OCc2ccc(OC)cc2)[C@@H]2OC(C)(C)O[C@@H]21. The van der Waals surface area contributed by atoms with Crippen molar-refractivity contribution in [2.45, 2.75) is 56.6 Å². The molecular formula is C38H40O5. The van der Waals surface area contributed by atoms with Gasteiger partial charge < -0.3 is 23.7 Å². The highest BCUT2D eigenvalue weighted by atomic mass is 16.8. The highest BCUT2D eigenvalue weighted by molar-refractivity contribution is 5.47. The van der Waals surface area contributed by atoms with Crippen molar-refractivity contribution in [3.63, 3.8) is 0 Å². The van der Waals surface area contributed by atoms with E-state index in [2.05, 4.69) is 79.4 Å². The monoisotopic (exact) mass is 576 g/mol. The summed E-state index contributed by atoms with van der Waals surface area (Å²) in [5.41, 5.74) is 2.82. The summed E-state index contributed by atoms with van der Waals surface area (Å²) in [6.07, 6.45) is 1.93. The lowest BCUT2D eigenvalue weighted by Gasteiger charge is -2.40. The lowest BCUT2D eigenvalue weighted by atomic mass is 9.79. The lowest BCUT2D eigenvalue weighted by Crippen LogP contribution is -2.42. The summed E-state index contributed by atoms with van der Waals surface area (Å²) >= 11 is 0. The Hall–Kier alpha value is -3.74. The van der Waals surface area contributed by atoms with Crippen molar-refractivity contribution in [3.8, 4) is 5.75 Å². The predicted octanol–water partition coefficient (Wildman–Crippen LogP) is 7.69. The Bertz CT molecular complexity index is 1390. The summed E-state index contributed by atoms with van der Waals surface area (Å²) in [6.45, 7) is 9.07. The van der Waals surface area contributed by atoms with Crippen LogP contribution in [0.1, 0.15) is 42.5 Å². The number of fused-ring (bicyclic) bond motifs is 1. The quantitative estimate of drug-likeness (QED) is 0.135. The van der Waals surface area contributed by atoms with Crippen molar-refractivity contribution in [2.24, 2.45) is 5.41 Å². The van der Waals surface area contributed by atoms with Gasteiger partial charge in [0.05, 0.1) is 26.4 Å². The standard InChI is InChI=1S/C38H40O5/c1-5-37(25-33(34-35(37)43-36(2,3)42-34)40-26-28-21-23-32(39-4)24-22-28)27-41-38(29-15-9-6-10-16-29,30-17-11-7-12-18-30)31-19-13-8-14-20-31/h5-24,33-35H,1,25-27H2,2-4H3/t33-,34-,35-,37-/m0/s1. The van der Waals surface area contributed by atoms with Crippen molar-refractivity contribution in [1.29, 1.82) is 0 Å². The summed E-state index contributed by atoms with van der Waals surface area (Å²) in [6, 6.07) is 39.3. The molecule has 0 amide bonds. The lowest BCUT2D eigenvalue weighted by molar-refractivity contribution is -0.182. The molecule has 6 rings (SSSR count). The molecule has 5 heteroatoms. The van der Waals surface area contributed by atoms with Crippen LogP contribution in [0.2, 0.25) is 0 Å². The first kappa shape index (κ1) is 29.3. The maximum atomic E-state index is 7.30. The van der Waals surface area contributed by atoms with Crippen LogP contribution in [-0.4, -0.2) is 37.8 Å². The van der Waals surface area contributed by atoms with Gasteiger partial charge >= 0.3 is 0 Å². The van der Waals surface area contributed by atoms with E-state index in [0.717, 1.165) is 28.0 Å². The fraction of sp³-hybridized carbons (Fsp3) is 0.316. The molecule has 0 radical (unpaired) electrons. The van der Waals surface area contributed by atoms with Gasteiger partial charge in [-0.25, -0.2) is 0 Å². The zero-order valence-corrected chi connectivity index (χ0v) is 25.1. The predicted molar refractivity (Wildman–Crippen MR) is 168 cm³/mol. The van der Waals surface area contributed by atoms with Crippen molar-refractivity contribution < 1.29 is 23.7 Å². The minimum atomic E-state index is -0.855. The normalized spacial score (nSPS) is 24.4. The van der Waals surface area contributed by atoms with Gasteiger partial charge in [0.2, 0.25) is 0 Å². The zero-order valence-electron chi connectivity index (χ0n) is 25.1. The molecule has 4 aromatic rings. The Morgan fingerprint density at radius 3 is 1.81 bits per heavy atom. The number of methoxy groups -OCH3 is 1. The molecule has 1 aliphatic carbocycles. The van der Waals surface area contributed by atoms with Crippen molar-refractivity contribution in [1.82, 2.24) is 0 Å². The van der Waals surface area contributed by atoms with Crippen LogP contribution in [0.25, 0.3) is 0 Å². The van der Waals surface area contributed by atoms with Crippen molar-refractivity contribution in [2.75, 3.05) is 13.7 Å². The van der Waals surface area contributed by atoms with E-state index in [9.17, 15) is 0 Å². The van der Waals surface area contributed by atoms with Gasteiger partial charge in [0.25, 0.3) is 0 Å². The van der Waals surface area contributed by atoms with E-state index in [1.165, 1.54) is 0 Å². The first-order valence-corrected chi connectivity index (χ1v) is 14.9. The number of ether oxygens (including phenoxy) is 5. The third-order valence-electron chi connectivity index (χ3n) is 8.77. The van der Waals surface area contributed by atoms with Gasteiger partial charge in [-0.05, 0) is 54.7 Å². The van der Waals surface area contributed by atoms with Crippen LogP contribution in [0.5, 0.6) is 5.75 Å². The Kier molecular flexibility index (Phi) is 8.25. The molecule has 0 bridgehead atoms. The van der Waals surface area contributed by atoms with Crippen LogP contribution in [0.3, 0.4) is 0 Å². The highest BCUT2D eigenvalue weighted by Crippen LogP contribution is 2.52. The van der Waals surface area contributed by atoms with Crippen LogP contribution < -0.4 is 4.74 Å². The van der Waals surface area contributed by atoms with Crippen molar-refractivity contribution in [3.05, 3.63) is 150 Å². The van der Waals surface area contributed by atoms with Gasteiger partial charge in [0.1, 0.15) is 23.6 Å². The molecule has 1 heterocycles. The molecular weight excluding hydrogens is 536 g/mol. The van der Waals surface area contributed by atoms with Gasteiger partial charge in [-0.15, -0.1) is 6.58 Å². The summed E-state index contributed by atoms with van der Waals surface area (Å²) in [5, 5.41) is 0. The Morgan fingerprint density at radius 1 is 0.791 bits per heavy atom. The van der Waals surface area contributed by atoms with Gasteiger partial charge in [-0.1, -0.05) is 109 Å². The van der Waals surface area contributed by atoms with Crippen molar-refractivity contribution >= 4 is 0 Å². The summed E-state index contributed by atoms with van der Waals surface area (Å²) in [4.78, 5) is 0. The molecule has 2 aliphatic rings. The minimum Gasteiger partial charge on any atom is -0.497 e. The third kappa shape index (κ3) is 5.66. The number of hydrogen-bond donors (Lipinski definition) is 0. The molecule has 0 N–H and O–H groups in total. The molecule has 1 aliphatic heterocycles. The number of hydrogen-bond acceptors (Lipinski definition) is 5. The molecule has 222 valence electrons. The average molecular weight is 577 g/mol. The summed E-state index contributed by atoms with van der Waals surface area (Å²) in [7, 11) is 1.67. The maximum absolute atomic E-state index is 7.30. The molecule has 4 aromatic carbocycles. The van der Waals surface area contributed by atoms with Crippen LogP contribution in [0.4, 0.5) is 0 Å². The van der Waals surface area contributed by atoms with Gasteiger partial charge in [0.15, 0.2) is 5.79 Å². The summed E-state index contributed by atoms with van der Waals surface area (Å²) in [5.74, 6) is 0.0710. The second-order valence-electron chi connectivity index (χ2n) is 11.9. The maximum Gasteiger partial charge on any atom is 0.163 e. The van der Waals surface area contributed by atoms with Gasteiger partial charge in [-0.3, -0.25) is 0 Å². The molecule has 2 fully saturated rings. The van der Waals surface area contributed by atoms with Crippen LogP contribution >= 0.6 is 0 Å². The Labute approximate surface area is 255 Å². The minimum absolute atomic E-state index is 0.199. The van der Waals surface area contributed by atoms with E-state index in [1.807, 2.05) is 62.4 Å². The number of benzene rings is 4. The molecule has 1 saturated heterocycles. The van der Waals surface area contributed by atoms with Crippen LogP contribution in [0.15, 0.2) is 128 Å². The molecule has 43 heavy (non-hydrogen) atoms. The molecule has 0 aromatic heterocycles. The van der Waals surface area contributed by atoms with Crippen LogP contribution in [0, 0.1) is 5.41 Å². The molecule has 4 atom stereocenters. The second-order valence-corrected chi connectivity index (χ2v) is 11.9. The molecule has 1 saturated carbocycles. The number of rotatable bonds is 11. The fourth-order valence-electron chi connectivity index (χ4n) is 6.60.